The van der Waals surface area contributed by atoms with Crippen LogP contribution in [0.4, 0.5) is 0 Å². The van der Waals surface area contributed by atoms with Crippen LogP contribution in [0.25, 0.3) is 0 Å². The van der Waals surface area contributed by atoms with Gasteiger partial charge in [0.2, 0.25) is 11.8 Å². The fourth-order valence-electron chi connectivity index (χ4n) is 2.41. The summed E-state index contributed by atoms with van der Waals surface area (Å²) in [7, 11) is 1.69. The van der Waals surface area contributed by atoms with Crippen molar-refractivity contribution in [1.29, 1.82) is 0 Å². The largest absolute Gasteiger partial charge is 0.368 e. The Morgan fingerprint density at radius 3 is 2.47 bits per heavy atom. The highest BCUT2D eigenvalue weighted by molar-refractivity contribution is 5.87. The number of carbonyl (C=O) groups is 2. The SMILES string of the molecule is CNCC(=O)N[C@@H](CC1CCCCC1)C(N)=O. The highest BCUT2D eigenvalue weighted by atomic mass is 16.2. The van der Waals surface area contributed by atoms with Gasteiger partial charge in [-0.2, -0.15) is 0 Å². The molecule has 0 saturated heterocycles. The van der Waals surface area contributed by atoms with Crippen LogP contribution >= 0.6 is 0 Å². The number of primary amides is 1. The van der Waals surface area contributed by atoms with Crippen LogP contribution in [-0.2, 0) is 9.59 Å². The molecule has 98 valence electrons. The summed E-state index contributed by atoms with van der Waals surface area (Å²) in [4.78, 5) is 22.7. The summed E-state index contributed by atoms with van der Waals surface area (Å²) in [5.41, 5.74) is 5.32. The van der Waals surface area contributed by atoms with Crippen LogP contribution in [0.2, 0.25) is 0 Å². The van der Waals surface area contributed by atoms with Gasteiger partial charge in [0.05, 0.1) is 6.54 Å². The minimum absolute atomic E-state index is 0.174. The summed E-state index contributed by atoms with van der Waals surface area (Å²) in [6, 6.07) is -0.515. The van der Waals surface area contributed by atoms with Crippen molar-refractivity contribution < 1.29 is 9.59 Å². The third-order valence-corrected chi connectivity index (χ3v) is 3.31. The molecule has 0 unspecified atom stereocenters. The zero-order chi connectivity index (χ0) is 12.7. The van der Waals surface area contributed by atoms with E-state index in [-0.39, 0.29) is 12.5 Å². The van der Waals surface area contributed by atoms with Crippen LogP contribution in [0.5, 0.6) is 0 Å². The minimum atomic E-state index is -0.515. The number of nitrogens with one attached hydrogen (secondary N) is 2. The molecule has 0 bridgehead atoms. The van der Waals surface area contributed by atoms with E-state index in [1.807, 2.05) is 0 Å². The first-order valence-corrected chi connectivity index (χ1v) is 6.36. The van der Waals surface area contributed by atoms with E-state index in [1.165, 1.54) is 19.3 Å². The second-order valence-corrected chi connectivity index (χ2v) is 4.79. The molecule has 0 spiro atoms. The van der Waals surface area contributed by atoms with Crippen LogP contribution in [0, 0.1) is 5.92 Å². The fraction of sp³-hybridized carbons (Fsp3) is 0.833. The van der Waals surface area contributed by atoms with E-state index in [0.29, 0.717) is 12.3 Å². The first kappa shape index (κ1) is 14.0. The summed E-state index contributed by atoms with van der Waals surface area (Å²) in [5.74, 6) is -0.0803. The molecular formula is C12H23N3O2. The number of hydrogen-bond donors (Lipinski definition) is 3. The lowest BCUT2D eigenvalue weighted by Crippen LogP contribution is -2.47. The molecule has 0 heterocycles. The monoisotopic (exact) mass is 241 g/mol. The summed E-state index contributed by atoms with van der Waals surface area (Å²) in [6.07, 6.45) is 6.70. The lowest BCUT2D eigenvalue weighted by Gasteiger charge is -2.25. The molecule has 0 aromatic rings. The predicted octanol–water partition coefficient (Wildman–Crippen LogP) is 0.146. The van der Waals surface area contributed by atoms with Crippen LogP contribution in [-0.4, -0.2) is 31.4 Å². The zero-order valence-corrected chi connectivity index (χ0v) is 10.5. The first-order valence-electron chi connectivity index (χ1n) is 6.36. The molecular weight excluding hydrogens is 218 g/mol. The van der Waals surface area contributed by atoms with Gasteiger partial charge in [0.1, 0.15) is 6.04 Å². The van der Waals surface area contributed by atoms with E-state index in [0.717, 1.165) is 12.8 Å². The van der Waals surface area contributed by atoms with Gasteiger partial charge in [0, 0.05) is 0 Å². The maximum atomic E-state index is 11.4. The first-order chi connectivity index (χ1) is 8.13. The van der Waals surface area contributed by atoms with Gasteiger partial charge in [-0.3, -0.25) is 9.59 Å². The molecule has 1 aliphatic rings. The minimum Gasteiger partial charge on any atom is -0.368 e. The predicted molar refractivity (Wildman–Crippen MR) is 66.2 cm³/mol. The molecule has 0 aromatic carbocycles. The molecule has 0 radical (unpaired) electrons. The number of hydrogen-bond acceptors (Lipinski definition) is 3. The maximum absolute atomic E-state index is 11.4. The lowest BCUT2D eigenvalue weighted by molar-refractivity contribution is -0.127. The number of nitrogens with two attached hydrogens (primary N) is 1. The molecule has 1 rings (SSSR count). The van der Waals surface area contributed by atoms with E-state index in [9.17, 15) is 9.59 Å². The lowest BCUT2D eigenvalue weighted by atomic mass is 9.84. The van der Waals surface area contributed by atoms with E-state index in [1.54, 1.807) is 7.05 Å². The van der Waals surface area contributed by atoms with E-state index in [4.69, 9.17) is 5.73 Å². The second kappa shape index (κ2) is 7.27. The maximum Gasteiger partial charge on any atom is 0.240 e. The number of rotatable bonds is 6. The summed E-state index contributed by atoms with van der Waals surface area (Å²) in [5, 5.41) is 5.44. The normalized spacial score (nSPS) is 18.6. The van der Waals surface area contributed by atoms with Crippen molar-refractivity contribution in [1.82, 2.24) is 10.6 Å². The van der Waals surface area contributed by atoms with Gasteiger partial charge in [-0.25, -0.2) is 0 Å². The van der Waals surface area contributed by atoms with Crippen LogP contribution in [0.3, 0.4) is 0 Å². The molecule has 1 fully saturated rings. The summed E-state index contributed by atoms with van der Waals surface area (Å²) >= 11 is 0. The fourth-order valence-corrected chi connectivity index (χ4v) is 2.41. The van der Waals surface area contributed by atoms with Crippen LogP contribution in [0.1, 0.15) is 38.5 Å². The Morgan fingerprint density at radius 1 is 1.29 bits per heavy atom. The highest BCUT2D eigenvalue weighted by Gasteiger charge is 2.23. The van der Waals surface area contributed by atoms with Gasteiger partial charge >= 0.3 is 0 Å². The zero-order valence-electron chi connectivity index (χ0n) is 10.5. The van der Waals surface area contributed by atoms with Crippen molar-refractivity contribution >= 4 is 11.8 Å². The van der Waals surface area contributed by atoms with Crippen molar-refractivity contribution in [2.24, 2.45) is 11.7 Å². The standard InChI is InChI=1S/C12H23N3O2/c1-14-8-11(16)15-10(12(13)17)7-9-5-3-2-4-6-9/h9-10,14H,2-8H2,1H3,(H2,13,17)(H,15,16)/t10-/m0/s1. The molecule has 0 aromatic heterocycles. The Bertz CT molecular complexity index is 262. The topological polar surface area (TPSA) is 84.2 Å². The molecule has 5 heteroatoms. The smallest absolute Gasteiger partial charge is 0.240 e. The molecule has 1 saturated carbocycles. The average molecular weight is 241 g/mol. The molecule has 1 atom stereocenters. The quantitative estimate of drug-likeness (QED) is 0.618. The third-order valence-electron chi connectivity index (χ3n) is 3.31. The number of likely N-dealkylation sites (N-methyl/N-ethyl adjacent to an activating group) is 1. The molecule has 0 aliphatic heterocycles. The van der Waals surface area contributed by atoms with Gasteiger partial charge in [-0.1, -0.05) is 32.1 Å². The van der Waals surface area contributed by atoms with Crippen molar-refractivity contribution in [3.8, 4) is 0 Å². The molecule has 5 nitrogen and oxygen atoms in total. The van der Waals surface area contributed by atoms with Gasteiger partial charge in [0.15, 0.2) is 0 Å². The Balaban J connectivity index is 2.41. The Hall–Kier alpha value is -1.10. The van der Waals surface area contributed by atoms with Gasteiger partial charge in [0.25, 0.3) is 0 Å². The molecule has 4 N–H and O–H groups in total. The van der Waals surface area contributed by atoms with Crippen molar-refractivity contribution in [3.63, 3.8) is 0 Å². The van der Waals surface area contributed by atoms with Crippen molar-refractivity contribution in [2.45, 2.75) is 44.6 Å². The van der Waals surface area contributed by atoms with Gasteiger partial charge < -0.3 is 16.4 Å². The summed E-state index contributed by atoms with van der Waals surface area (Å²) in [6.45, 7) is 0.217. The average Bonchev–Trinajstić information content (AvgIpc) is 2.29. The highest BCUT2D eigenvalue weighted by Crippen LogP contribution is 2.27. The number of amides is 2. The molecule has 1 aliphatic carbocycles. The van der Waals surface area contributed by atoms with Crippen LogP contribution < -0.4 is 16.4 Å². The molecule has 2 amide bonds. The number of carbonyl (C=O) groups excluding carboxylic acids is 2. The van der Waals surface area contributed by atoms with Crippen molar-refractivity contribution in [2.75, 3.05) is 13.6 Å². The van der Waals surface area contributed by atoms with E-state index < -0.39 is 11.9 Å². The second-order valence-electron chi connectivity index (χ2n) is 4.79. The van der Waals surface area contributed by atoms with Gasteiger partial charge in [-0.05, 0) is 19.4 Å². The van der Waals surface area contributed by atoms with E-state index in [2.05, 4.69) is 10.6 Å². The third kappa shape index (κ3) is 5.17. The Morgan fingerprint density at radius 2 is 1.94 bits per heavy atom. The van der Waals surface area contributed by atoms with E-state index >= 15 is 0 Å². The Labute approximate surface area is 103 Å². The summed E-state index contributed by atoms with van der Waals surface area (Å²) < 4.78 is 0. The van der Waals surface area contributed by atoms with Crippen LogP contribution in [0.15, 0.2) is 0 Å². The van der Waals surface area contributed by atoms with Crippen molar-refractivity contribution in [3.05, 3.63) is 0 Å². The van der Waals surface area contributed by atoms with Gasteiger partial charge in [-0.15, -0.1) is 0 Å². The molecule has 17 heavy (non-hydrogen) atoms. The Kier molecular flexibility index (Phi) is 5.97.